The van der Waals surface area contributed by atoms with Crippen molar-refractivity contribution < 1.29 is 0 Å². The maximum Gasteiger partial charge on any atom is 0.156 e. The van der Waals surface area contributed by atoms with Crippen LogP contribution in [0.5, 0.6) is 0 Å². The van der Waals surface area contributed by atoms with Gasteiger partial charge >= 0.3 is 0 Å². The number of hydrogen-bond donors (Lipinski definition) is 1. The summed E-state index contributed by atoms with van der Waals surface area (Å²) in [7, 11) is 0. The normalized spacial score (nSPS) is 40.5. The van der Waals surface area contributed by atoms with Gasteiger partial charge in [-0.3, -0.25) is 4.99 Å². The van der Waals surface area contributed by atoms with Gasteiger partial charge in [0.2, 0.25) is 0 Å². The first kappa shape index (κ1) is 13.3. The van der Waals surface area contributed by atoms with E-state index in [1.807, 2.05) is 11.8 Å². The van der Waals surface area contributed by atoms with E-state index >= 15 is 0 Å². The van der Waals surface area contributed by atoms with Crippen molar-refractivity contribution in [3.05, 3.63) is 0 Å². The van der Waals surface area contributed by atoms with Gasteiger partial charge in [-0.25, -0.2) is 0 Å². The molecular weight excluding hydrogens is 228 g/mol. The summed E-state index contributed by atoms with van der Waals surface area (Å²) in [4.78, 5) is 4.83. The molecule has 0 amide bonds. The molecule has 1 saturated carbocycles. The van der Waals surface area contributed by atoms with E-state index in [1.165, 1.54) is 43.0 Å². The van der Waals surface area contributed by atoms with Crippen LogP contribution < -0.4 is 5.32 Å². The van der Waals surface area contributed by atoms with Gasteiger partial charge in [-0.05, 0) is 38.0 Å². The average molecular weight is 254 g/mol. The van der Waals surface area contributed by atoms with Gasteiger partial charge in [0, 0.05) is 17.8 Å². The molecule has 2 nitrogen and oxygen atoms in total. The molecule has 1 aliphatic carbocycles. The summed E-state index contributed by atoms with van der Waals surface area (Å²) in [5.74, 6) is 2.93. The number of aliphatic imine (C=N–C) groups is 1. The van der Waals surface area contributed by atoms with Crippen molar-refractivity contribution in [1.29, 1.82) is 0 Å². The smallest absolute Gasteiger partial charge is 0.156 e. The highest BCUT2D eigenvalue weighted by molar-refractivity contribution is 8.13. The summed E-state index contributed by atoms with van der Waals surface area (Å²) in [6.07, 6.45) is 6.64. The Labute approximate surface area is 110 Å². The fourth-order valence-electron chi connectivity index (χ4n) is 2.77. The Bertz CT molecular complexity index is 290. The second-order valence-electron chi connectivity index (χ2n) is 5.95. The minimum atomic E-state index is 0.283. The monoisotopic (exact) mass is 254 g/mol. The van der Waals surface area contributed by atoms with Gasteiger partial charge in [-0.15, -0.1) is 0 Å². The Balaban J connectivity index is 1.88. The van der Waals surface area contributed by atoms with E-state index in [1.54, 1.807) is 0 Å². The lowest BCUT2D eigenvalue weighted by molar-refractivity contribution is 0.387. The molecule has 2 aliphatic rings. The minimum absolute atomic E-state index is 0.283. The molecule has 3 atom stereocenters. The van der Waals surface area contributed by atoms with Crippen molar-refractivity contribution in [1.82, 2.24) is 5.32 Å². The molecule has 0 spiro atoms. The second kappa shape index (κ2) is 5.64. The quantitative estimate of drug-likeness (QED) is 0.831. The van der Waals surface area contributed by atoms with Crippen molar-refractivity contribution in [2.75, 3.05) is 12.3 Å². The van der Waals surface area contributed by atoms with Crippen LogP contribution in [0.4, 0.5) is 0 Å². The first-order valence-electron chi connectivity index (χ1n) is 7.08. The van der Waals surface area contributed by atoms with E-state index in [0.29, 0.717) is 0 Å². The second-order valence-corrected chi connectivity index (χ2v) is 7.04. The highest BCUT2D eigenvalue weighted by Gasteiger charge is 2.28. The molecule has 1 saturated heterocycles. The molecule has 1 aliphatic heterocycles. The molecule has 0 radical (unpaired) electrons. The Morgan fingerprint density at radius 2 is 2.29 bits per heavy atom. The van der Waals surface area contributed by atoms with Gasteiger partial charge in [0.15, 0.2) is 5.17 Å². The minimum Gasteiger partial charge on any atom is -0.360 e. The number of nitrogens with one attached hydrogen (secondary N) is 1. The summed E-state index contributed by atoms with van der Waals surface area (Å²) in [5.41, 5.74) is 0.283. The van der Waals surface area contributed by atoms with Crippen LogP contribution in [0.25, 0.3) is 0 Å². The van der Waals surface area contributed by atoms with E-state index in [0.717, 1.165) is 18.4 Å². The van der Waals surface area contributed by atoms with Crippen molar-refractivity contribution in [3.63, 3.8) is 0 Å². The highest BCUT2D eigenvalue weighted by Crippen LogP contribution is 2.32. The largest absolute Gasteiger partial charge is 0.360 e. The molecule has 0 aromatic heterocycles. The Hall–Kier alpha value is -0.180. The molecule has 0 bridgehead atoms. The molecule has 17 heavy (non-hydrogen) atoms. The molecule has 3 heteroatoms. The van der Waals surface area contributed by atoms with E-state index in [4.69, 9.17) is 4.99 Å². The van der Waals surface area contributed by atoms with Crippen molar-refractivity contribution >= 4 is 16.9 Å². The van der Waals surface area contributed by atoms with Gasteiger partial charge in [0.1, 0.15) is 0 Å². The molecule has 0 aromatic rings. The maximum atomic E-state index is 4.83. The van der Waals surface area contributed by atoms with E-state index < -0.39 is 0 Å². The topological polar surface area (TPSA) is 24.4 Å². The molecule has 0 aromatic carbocycles. The molecular formula is C14H26N2S. The lowest BCUT2D eigenvalue weighted by Gasteiger charge is -2.35. The lowest BCUT2D eigenvalue weighted by Crippen LogP contribution is -2.48. The maximum absolute atomic E-state index is 4.83. The first-order valence-corrected chi connectivity index (χ1v) is 8.07. The molecule has 1 heterocycles. The Kier molecular flexibility index (Phi) is 4.40. The van der Waals surface area contributed by atoms with Gasteiger partial charge in [-0.2, -0.15) is 0 Å². The van der Waals surface area contributed by atoms with E-state index in [9.17, 15) is 0 Å². The zero-order valence-electron chi connectivity index (χ0n) is 11.5. The number of nitrogens with zero attached hydrogens (tertiary/aromatic N) is 1. The van der Waals surface area contributed by atoms with Crippen LogP contribution in [0.15, 0.2) is 4.99 Å². The standard InChI is InChI=1S/C14H26N2S/c1-4-14(3)8-9-17-13(16-14)15-10-12-7-5-6-11(12)2/h11-12H,4-10H2,1-3H3,(H,15,16). The number of rotatable bonds is 3. The van der Waals surface area contributed by atoms with Crippen LogP contribution in [-0.2, 0) is 0 Å². The molecule has 2 rings (SSSR count). The summed E-state index contributed by atoms with van der Waals surface area (Å²) in [6.45, 7) is 8.01. The van der Waals surface area contributed by atoms with Crippen LogP contribution in [-0.4, -0.2) is 23.0 Å². The average Bonchev–Trinajstić information content (AvgIpc) is 2.73. The summed E-state index contributed by atoms with van der Waals surface area (Å²) < 4.78 is 0. The molecule has 1 N–H and O–H groups in total. The van der Waals surface area contributed by atoms with E-state index in [2.05, 4.69) is 26.1 Å². The molecule has 2 fully saturated rings. The predicted molar refractivity (Wildman–Crippen MR) is 77.7 cm³/mol. The number of amidine groups is 1. The van der Waals surface area contributed by atoms with Crippen LogP contribution >= 0.6 is 11.8 Å². The lowest BCUT2D eigenvalue weighted by atomic mass is 9.96. The molecule has 3 unspecified atom stereocenters. The van der Waals surface area contributed by atoms with Crippen molar-refractivity contribution in [2.24, 2.45) is 16.8 Å². The number of thioether (sulfide) groups is 1. The van der Waals surface area contributed by atoms with Crippen LogP contribution in [0.1, 0.15) is 52.9 Å². The van der Waals surface area contributed by atoms with Gasteiger partial charge in [0.25, 0.3) is 0 Å². The fraction of sp³-hybridized carbons (Fsp3) is 0.929. The van der Waals surface area contributed by atoms with E-state index in [-0.39, 0.29) is 5.54 Å². The van der Waals surface area contributed by atoms with Gasteiger partial charge < -0.3 is 5.32 Å². The number of hydrogen-bond acceptors (Lipinski definition) is 2. The van der Waals surface area contributed by atoms with Gasteiger partial charge in [-0.1, -0.05) is 38.5 Å². The highest BCUT2D eigenvalue weighted by atomic mass is 32.2. The van der Waals surface area contributed by atoms with Crippen LogP contribution in [0.3, 0.4) is 0 Å². The summed E-state index contributed by atoms with van der Waals surface area (Å²) in [5, 5.41) is 4.83. The van der Waals surface area contributed by atoms with Crippen molar-refractivity contribution in [2.45, 2.75) is 58.4 Å². The fourth-order valence-corrected chi connectivity index (χ4v) is 4.00. The van der Waals surface area contributed by atoms with Crippen molar-refractivity contribution in [3.8, 4) is 0 Å². The Morgan fingerprint density at radius 3 is 2.94 bits per heavy atom. The summed E-state index contributed by atoms with van der Waals surface area (Å²) in [6, 6.07) is 0. The molecule has 98 valence electrons. The predicted octanol–water partition coefficient (Wildman–Crippen LogP) is 3.67. The zero-order chi connectivity index (χ0) is 12.3. The van der Waals surface area contributed by atoms with Gasteiger partial charge in [0.05, 0.1) is 0 Å². The third kappa shape index (κ3) is 3.40. The Morgan fingerprint density at radius 1 is 1.47 bits per heavy atom. The van der Waals surface area contributed by atoms with Crippen LogP contribution in [0, 0.1) is 11.8 Å². The van der Waals surface area contributed by atoms with Crippen LogP contribution in [0.2, 0.25) is 0 Å². The SMILES string of the molecule is CCC1(C)CCSC(=NCC2CCCC2C)N1. The third-order valence-electron chi connectivity index (χ3n) is 4.59. The summed E-state index contributed by atoms with van der Waals surface area (Å²) >= 11 is 1.90. The third-order valence-corrected chi connectivity index (χ3v) is 5.50. The first-order chi connectivity index (χ1) is 8.13. The zero-order valence-corrected chi connectivity index (χ0v) is 12.3.